The first-order valence-electron chi connectivity index (χ1n) is 8.39. The van der Waals surface area contributed by atoms with Gasteiger partial charge in [0.15, 0.2) is 0 Å². The van der Waals surface area contributed by atoms with Crippen molar-refractivity contribution in [2.45, 2.75) is 6.54 Å². The van der Waals surface area contributed by atoms with Gasteiger partial charge in [0, 0.05) is 35.2 Å². The van der Waals surface area contributed by atoms with Crippen LogP contribution in [-0.4, -0.2) is 19.4 Å². The van der Waals surface area contributed by atoms with E-state index >= 15 is 0 Å². The second-order valence-electron chi connectivity index (χ2n) is 6.23. The SMILES string of the molecule is O=c1c2c(-c3ccc([N+](=O)[O-])cc3)csc2ncn1Cc1ccc([N+](=O)[O-])cc1. The molecule has 2 aromatic heterocycles. The van der Waals surface area contributed by atoms with E-state index in [-0.39, 0.29) is 23.5 Å². The topological polar surface area (TPSA) is 121 Å². The Morgan fingerprint density at radius 3 is 2.10 bits per heavy atom. The standard InChI is InChI=1S/C19H12N4O5S/c24-19-17-16(13-3-7-15(8-4-13)23(27)28)10-29-18(17)20-11-21(19)9-12-1-5-14(6-2-12)22(25)26/h1-8,10-11H,9H2. The summed E-state index contributed by atoms with van der Waals surface area (Å²) in [6.45, 7) is 0.218. The van der Waals surface area contributed by atoms with Crippen molar-refractivity contribution in [3.05, 3.63) is 96.4 Å². The Balaban J connectivity index is 1.73. The Hall–Kier alpha value is -3.92. The van der Waals surface area contributed by atoms with Crippen molar-refractivity contribution in [2.24, 2.45) is 0 Å². The van der Waals surface area contributed by atoms with Gasteiger partial charge in [-0.25, -0.2) is 4.98 Å². The zero-order chi connectivity index (χ0) is 20.5. The number of rotatable bonds is 5. The highest BCUT2D eigenvalue weighted by molar-refractivity contribution is 7.17. The molecule has 0 fully saturated rings. The van der Waals surface area contributed by atoms with Crippen LogP contribution in [0, 0.1) is 20.2 Å². The van der Waals surface area contributed by atoms with E-state index < -0.39 is 9.85 Å². The smallest absolute Gasteiger partial charge is 0.269 e. The highest BCUT2D eigenvalue weighted by Crippen LogP contribution is 2.31. The molecule has 0 aliphatic carbocycles. The van der Waals surface area contributed by atoms with Crippen molar-refractivity contribution in [1.29, 1.82) is 0 Å². The van der Waals surface area contributed by atoms with Gasteiger partial charge >= 0.3 is 0 Å². The van der Waals surface area contributed by atoms with E-state index in [1.165, 1.54) is 46.5 Å². The van der Waals surface area contributed by atoms with Gasteiger partial charge in [0.2, 0.25) is 0 Å². The third-order valence-corrected chi connectivity index (χ3v) is 5.34. The fourth-order valence-corrected chi connectivity index (χ4v) is 3.88. The van der Waals surface area contributed by atoms with Crippen molar-refractivity contribution in [1.82, 2.24) is 9.55 Å². The Morgan fingerprint density at radius 2 is 1.52 bits per heavy atom. The quantitative estimate of drug-likeness (QED) is 0.364. The van der Waals surface area contributed by atoms with Gasteiger partial charge in [-0.15, -0.1) is 11.3 Å². The van der Waals surface area contributed by atoms with E-state index in [9.17, 15) is 25.0 Å². The number of non-ortho nitro benzene ring substituents is 2. The summed E-state index contributed by atoms with van der Waals surface area (Å²) in [6.07, 6.45) is 1.45. The average Bonchev–Trinajstić information content (AvgIpc) is 3.15. The van der Waals surface area contributed by atoms with Crippen molar-refractivity contribution in [3.63, 3.8) is 0 Å². The summed E-state index contributed by atoms with van der Waals surface area (Å²) in [5.41, 5.74) is 1.79. The molecule has 0 atom stereocenters. The predicted molar refractivity (Wildman–Crippen MR) is 108 cm³/mol. The molecule has 29 heavy (non-hydrogen) atoms. The summed E-state index contributed by atoms with van der Waals surface area (Å²) >= 11 is 1.32. The fourth-order valence-electron chi connectivity index (χ4n) is 2.98. The van der Waals surface area contributed by atoms with Gasteiger partial charge in [-0.1, -0.05) is 12.1 Å². The van der Waals surface area contributed by atoms with Gasteiger partial charge in [0.25, 0.3) is 16.9 Å². The number of hydrogen-bond acceptors (Lipinski definition) is 7. The van der Waals surface area contributed by atoms with E-state index in [1.807, 2.05) is 0 Å². The van der Waals surface area contributed by atoms with Gasteiger partial charge in [-0.05, 0) is 23.3 Å². The molecule has 4 aromatic rings. The van der Waals surface area contributed by atoms with Crippen LogP contribution < -0.4 is 5.56 Å². The number of aromatic nitrogens is 2. The number of benzene rings is 2. The van der Waals surface area contributed by atoms with Crippen molar-refractivity contribution < 1.29 is 9.85 Å². The maximum Gasteiger partial charge on any atom is 0.269 e. The molecule has 0 unspecified atom stereocenters. The number of thiophene rings is 1. The lowest BCUT2D eigenvalue weighted by Gasteiger charge is -2.06. The minimum absolute atomic E-state index is 0.0204. The monoisotopic (exact) mass is 408 g/mol. The molecule has 0 N–H and O–H groups in total. The zero-order valence-electron chi connectivity index (χ0n) is 14.7. The van der Waals surface area contributed by atoms with Crippen LogP contribution in [0.5, 0.6) is 0 Å². The van der Waals surface area contributed by atoms with Crippen LogP contribution in [0.4, 0.5) is 11.4 Å². The highest BCUT2D eigenvalue weighted by Gasteiger charge is 2.15. The molecule has 4 rings (SSSR count). The molecule has 0 bridgehead atoms. The van der Waals surface area contributed by atoms with E-state index in [2.05, 4.69) is 4.98 Å². The molecule has 2 heterocycles. The van der Waals surface area contributed by atoms with Crippen molar-refractivity contribution in [3.8, 4) is 11.1 Å². The van der Waals surface area contributed by atoms with E-state index in [4.69, 9.17) is 0 Å². The molecular formula is C19H12N4O5S. The van der Waals surface area contributed by atoms with Gasteiger partial charge in [0.1, 0.15) is 4.83 Å². The van der Waals surface area contributed by atoms with Crippen LogP contribution in [0.2, 0.25) is 0 Å². The molecule has 144 valence electrons. The second-order valence-corrected chi connectivity index (χ2v) is 7.09. The molecule has 10 heteroatoms. The predicted octanol–water partition coefficient (Wildman–Crippen LogP) is 3.99. The summed E-state index contributed by atoms with van der Waals surface area (Å²) < 4.78 is 1.44. The van der Waals surface area contributed by atoms with Crippen LogP contribution in [-0.2, 0) is 6.54 Å². The third kappa shape index (κ3) is 3.48. The molecular weight excluding hydrogens is 396 g/mol. The minimum Gasteiger partial charge on any atom is -0.294 e. The number of nitro benzene ring substituents is 2. The Bertz CT molecular complexity index is 1290. The fraction of sp³-hybridized carbons (Fsp3) is 0.0526. The lowest BCUT2D eigenvalue weighted by Crippen LogP contribution is -2.20. The zero-order valence-corrected chi connectivity index (χ0v) is 15.5. The summed E-state index contributed by atoms with van der Waals surface area (Å²) in [5.74, 6) is 0. The molecule has 0 radical (unpaired) electrons. The normalized spacial score (nSPS) is 10.9. The molecule has 2 aromatic carbocycles. The lowest BCUT2D eigenvalue weighted by atomic mass is 10.1. The summed E-state index contributed by atoms with van der Waals surface area (Å²) in [5, 5.41) is 23.9. The van der Waals surface area contributed by atoms with Crippen LogP contribution in [0.25, 0.3) is 21.3 Å². The number of fused-ring (bicyclic) bond motifs is 1. The molecule has 0 aliphatic heterocycles. The molecule has 0 spiro atoms. The van der Waals surface area contributed by atoms with E-state index in [0.717, 1.165) is 5.56 Å². The average molecular weight is 408 g/mol. The maximum absolute atomic E-state index is 13.1. The number of nitrogens with zero attached hydrogens (tertiary/aromatic N) is 4. The van der Waals surface area contributed by atoms with E-state index in [0.29, 0.717) is 21.3 Å². The van der Waals surface area contributed by atoms with Crippen molar-refractivity contribution in [2.75, 3.05) is 0 Å². The largest absolute Gasteiger partial charge is 0.294 e. The van der Waals surface area contributed by atoms with Gasteiger partial charge in [0.05, 0.1) is 28.1 Å². The number of hydrogen-bond donors (Lipinski definition) is 0. The Kier molecular flexibility index (Phi) is 4.61. The molecule has 9 nitrogen and oxygen atoms in total. The summed E-state index contributed by atoms with van der Waals surface area (Å²) in [4.78, 5) is 38.6. The third-order valence-electron chi connectivity index (χ3n) is 4.45. The molecule has 0 aliphatic rings. The summed E-state index contributed by atoms with van der Waals surface area (Å²) in [6, 6.07) is 12.0. The Labute approximate surface area is 166 Å². The lowest BCUT2D eigenvalue weighted by molar-refractivity contribution is -0.385. The molecule has 0 saturated carbocycles. The van der Waals surface area contributed by atoms with Crippen LogP contribution in [0.1, 0.15) is 5.56 Å². The second kappa shape index (κ2) is 7.24. The summed E-state index contributed by atoms with van der Waals surface area (Å²) in [7, 11) is 0. The first-order valence-corrected chi connectivity index (χ1v) is 9.27. The minimum atomic E-state index is -0.481. The maximum atomic E-state index is 13.1. The first kappa shape index (κ1) is 18.4. The Morgan fingerprint density at radius 1 is 0.931 bits per heavy atom. The van der Waals surface area contributed by atoms with Gasteiger partial charge in [-0.3, -0.25) is 29.6 Å². The number of nitro groups is 2. The van der Waals surface area contributed by atoms with E-state index in [1.54, 1.807) is 29.6 Å². The van der Waals surface area contributed by atoms with Crippen LogP contribution in [0.15, 0.2) is 65.0 Å². The molecule has 0 amide bonds. The van der Waals surface area contributed by atoms with Crippen molar-refractivity contribution >= 4 is 32.9 Å². The van der Waals surface area contributed by atoms with Crippen LogP contribution in [0.3, 0.4) is 0 Å². The van der Waals surface area contributed by atoms with Crippen LogP contribution >= 0.6 is 11.3 Å². The van der Waals surface area contributed by atoms with Gasteiger partial charge in [-0.2, -0.15) is 0 Å². The first-order chi connectivity index (χ1) is 13.9. The molecule has 0 saturated heterocycles. The van der Waals surface area contributed by atoms with Gasteiger partial charge < -0.3 is 0 Å². The highest BCUT2D eigenvalue weighted by atomic mass is 32.1.